The molecule has 1 saturated heterocycles. The molecule has 1 unspecified atom stereocenters. The molecule has 1 aromatic carbocycles. The molecule has 1 heterocycles. The second-order valence-corrected chi connectivity index (χ2v) is 5.69. The summed E-state index contributed by atoms with van der Waals surface area (Å²) in [5.74, 6) is 0.658. The van der Waals surface area contributed by atoms with Crippen molar-refractivity contribution in [2.24, 2.45) is 0 Å². The van der Waals surface area contributed by atoms with Gasteiger partial charge in [0, 0.05) is 30.4 Å². The highest BCUT2D eigenvalue weighted by molar-refractivity contribution is 9.10. The fourth-order valence-electron chi connectivity index (χ4n) is 2.16. The molecular formula is C14H18BrNO3. The summed E-state index contributed by atoms with van der Waals surface area (Å²) in [6, 6.07) is 7.75. The third-order valence-electron chi connectivity index (χ3n) is 3.23. The van der Waals surface area contributed by atoms with Gasteiger partial charge >= 0.3 is 0 Å². The van der Waals surface area contributed by atoms with Crippen LogP contribution in [0, 0.1) is 0 Å². The second kappa shape index (κ2) is 6.39. The molecule has 19 heavy (non-hydrogen) atoms. The van der Waals surface area contributed by atoms with E-state index in [1.54, 1.807) is 4.90 Å². The van der Waals surface area contributed by atoms with Crippen LogP contribution >= 0.6 is 15.9 Å². The Kier molecular flexibility index (Phi) is 4.82. The van der Waals surface area contributed by atoms with Crippen molar-refractivity contribution in [3.05, 3.63) is 28.7 Å². The molecule has 2 rings (SSSR count). The van der Waals surface area contributed by atoms with Crippen molar-refractivity contribution >= 4 is 21.8 Å². The van der Waals surface area contributed by atoms with Gasteiger partial charge in [0.05, 0.1) is 0 Å². The fraction of sp³-hybridized carbons (Fsp3) is 0.500. The topological polar surface area (TPSA) is 49.8 Å². The van der Waals surface area contributed by atoms with Crippen molar-refractivity contribution in [3.63, 3.8) is 0 Å². The summed E-state index contributed by atoms with van der Waals surface area (Å²) >= 11 is 3.38. The van der Waals surface area contributed by atoms with Gasteiger partial charge in [-0.25, -0.2) is 0 Å². The lowest BCUT2D eigenvalue weighted by Crippen LogP contribution is -2.45. The van der Waals surface area contributed by atoms with Crippen molar-refractivity contribution < 1.29 is 14.6 Å². The van der Waals surface area contributed by atoms with Gasteiger partial charge in [-0.2, -0.15) is 0 Å². The molecule has 4 nitrogen and oxygen atoms in total. The number of amides is 1. The number of rotatable bonds is 3. The smallest absolute Gasteiger partial charge is 0.251 e. The number of ether oxygens (including phenoxy) is 1. The fourth-order valence-corrected chi connectivity index (χ4v) is 2.43. The first kappa shape index (κ1) is 14.3. The second-order valence-electron chi connectivity index (χ2n) is 4.77. The first-order chi connectivity index (χ1) is 9.06. The number of piperidine rings is 1. The summed E-state index contributed by atoms with van der Waals surface area (Å²) in [7, 11) is 0. The maximum Gasteiger partial charge on any atom is 0.251 e. The van der Waals surface area contributed by atoms with Gasteiger partial charge in [-0.15, -0.1) is 0 Å². The molecule has 1 N–H and O–H groups in total. The van der Waals surface area contributed by atoms with Crippen LogP contribution in [0.25, 0.3) is 0 Å². The van der Waals surface area contributed by atoms with E-state index in [2.05, 4.69) is 15.9 Å². The van der Waals surface area contributed by atoms with Crippen molar-refractivity contribution in [2.45, 2.75) is 32.0 Å². The third-order valence-corrected chi connectivity index (χ3v) is 3.76. The lowest BCUT2D eigenvalue weighted by atomic mass is 10.1. The summed E-state index contributed by atoms with van der Waals surface area (Å²) in [6.07, 6.45) is 0.825. The molecule has 0 bridgehead atoms. The SMILES string of the molecule is CC(O)C(=O)N1CCC(Oc2ccc(Br)cc2)CC1. The highest BCUT2D eigenvalue weighted by Crippen LogP contribution is 2.21. The highest BCUT2D eigenvalue weighted by atomic mass is 79.9. The molecule has 1 amide bonds. The minimum atomic E-state index is -0.913. The van der Waals surface area contributed by atoms with Gasteiger partial charge in [-0.1, -0.05) is 15.9 Å². The maximum absolute atomic E-state index is 11.6. The predicted molar refractivity (Wildman–Crippen MR) is 76.1 cm³/mol. The van der Waals surface area contributed by atoms with E-state index in [9.17, 15) is 9.90 Å². The van der Waals surface area contributed by atoms with Gasteiger partial charge in [-0.3, -0.25) is 4.79 Å². The molecule has 0 aromatic heterocycles. The molecule has 104 valence electrons. The molecule has 5 heteroatoms. The van der Waals surface area contributed by atoms with Crippen molar-refractivity contribution in [2.75, 3.05) is 13.1 Å². The first-order valence-corrected chi connectivity index (χ1v) is 7.24. The zero-order valence-electron chi connectivity index (χ0n) is 10.9. The van der Waals surface area contributed by atoms with Gasteiger partial charge in [-0.05, 0) is 31.2 Å². The lowest BCUT2D eigenvalue weighted by Gasteiger charge is -2.32. The molecule has 1 fully saturated rings. The van der Waals surface area contributed by atoms with Gasteiger partial charge in [0.1, 0.15) is 18.0 Å². The Morgan fingerprint density at radius 2 is 1.95 bits per heavy atom. The summed E-state index contributed by atoms with van der Waals surface area (Å²) in [5.41, 5.74) is 0. The van der Waals surface area contributed by atoms with E-state index in [4.69, 9.17) is 4.74 Å². The Balaban J connectivity index is 1.83. The van der Waals surface area contributed by atoms with Gasteiger partial charge < -0.3 is 14.7 Å². The van der Waals surface area contributed by atoms with Gasteiger partial charge in [0.15, 0.2) is 0 Å². The average Bonchev–Trinajstić information content (AvgIpc) is 2.41. The van der Waals surface area contributed by atoms with Crippen LogP contribution in [0.3, 0.4) is 0 Å². The zero-order valence-corrected chi connectivity index (χ0v) is 12.5. The molecule has 0 aliphatic carbocycles. The van der Waals surface area contributed by atoms with Gasteiger partial charge in [0.25, 0.3) is 5.91 Å². The quantitative estimate of drug-likeness (QED) is 0.925. The number of carbonyl (C=O) groups is 1. The van der Waals surface area contributed by atoms with Crippen molar-refractivity contribution in [3.8, 4) is 5.75 Å². The zero-order chi connectivity index (χ0) is 13.8. The van der Waals surface area contributed by atoms with Crippen LogP contribution in [0.2, 0.25) is 0 Å². The van der Waals surface area contributed by atoms with E-state index in [1.807, 2.05) is 24.3 Å². The average molecular weight is 328 g/mol. The van der Waals surface area contributed by atoms with E-state index in [0.717, 1.165) is 23.1 Å². The molecule has 0 radical (unpaired) electrons. The van der Waals surface area contributed by atoms with Crippen LogP contribution in [0.15, 0.2) is 28.7 Å². The van der Waals surface area contributed by atoms with E-state index in [-0.39, 0.29) is 12.0 Å². The van der Waals surface area contributed by atoms with E-state index in [0.29, 0.717) is 13.1 Å². The Hall–Kier alpha value is -1.07. The molecule has 0 spiro atoms. The van der Waals surface area contributed by atoms with Crippen molar-refractivity contribution in [1.82, 2.24) is 4.90 Å². The Labute approximate surface area is 121 Å². The predicted octanol–water partition coefficient (Wildman–Crippen LogP) is 2.20. The summed E-state index contributed by atoms with van der Waals surface area (Å²) in [5, 5.41) is 9.27. The lowest BCUT2D eigenvalue weighted by molar-refractivity contribution is -0.141. The normalized spacial score (nSPS) is 18.2. The van der Waals surface area contributed by atoms with E-state index >= 15 is 0 Å². The van der Waals surface area contributed by atoms with Gasteiger partial charge in [0.2, 0.25) is 0 Å². The standard InChI is InChI=1S/C14H18BrNO3/c1-10(17)14(18)16-8-6-13(7-9-16)19-12-4-2-11(15)3-5-12/h2-5,10,13,17H,6-9H2,1H3. The Bertz CT molecular complexity index is 425. The van der Waals surface area contributed by atoms with Crippen LogP contribution in [-0.2, 0) is 4.79 Å². The first-order valence-electron chi connectivity index (χ1n) is 6.45. The summed E-state index contributed by atoms with van der Waals surface area (Å²) in [6.45, 7) is 2.79. The number of halogens is 1. The maximum atomic E-state index is 11.6. The number of likely N-dealkylation sites (tertiary alicyclic amines) is 1. The Morgan fingerprint density at radius 3 is 2.47 bits per heavy atom. The monoisotopic (exact) mass is 327 g/mol. The van der Waals surface area contributed by atoms with Crippen molar-refractivity contribution in [1.29, 1.82) is 0 Å². The number of hydrogen-bond donors (Lipinski definition) is 1. The minimum Gasteiger partial charge on any atom is -0.490 e. The number of benzene rings is 1. The highest BCUT2D eigenvalue weighted by Gasteiger charge is 2.25. The molecule has 1 atom stereocenters. The van der Waals surface area contributed by atoms with Crippen LogP contribution < -0.4 is 4.74 Å². The van der Waals surface area contributed by atoms with E-state index < -0.39 is 6.10 Å². The van der Waals surface area contributed by atoms with E-state index in [1.165, 1.54) is 6.92 Å². The molecule has 0 saturated carbocycles. The molecule has 1 aliphatic heterocycles. The number of carbonyl (C=O) groups excluding carboxylic acids is 1. The Morgan fingerprint density at radius 1 is 1.37 bits per heavy atom. The molecule has 1 aromatic rings. The van der Waals surface area contributed by atoms with Crippen LogP contribution in [0.4, 0.5) is 0 Å². The number of aliphatic hydroxyl groups is 1. The largest absolute Gasteiger partial charge is 0.490 e. The van der Waals surface area contributed by atoms with Crippen LogP contribution in [0.5, 0.6) is 5.75 Å². The number of nitrogens with zero attached hydrogens (tertiary/aromatic N) is 1. The molecular weight excluding hydrogens is 310 g/mol. The third kappa shape index (κ3) is 3.94. The summed E-state index contributed by atoms with van der Waals surface area (Å²) in [4.78, 5) is 13.3. The summed E-state index contributed by atoms with van der Waals surface area (Å²) < 4.78 is 6.90. The van der Waals surface area contributed by atoms with Crippen LogP contribution in [-0.4, -0.2) is 41.2 Å². The number of hydrogen-bond acceptors (Lipinski definition) is 3. The number of aliphatic hydroxyl groups excluding tert-OH is 1. The molecule has 1 aliphatic rings. The minimum absolute atomic E-state index is 0.138. The van der Waals surface area contributed by atoms with Crippen LogP contribution in [0.1, 0.15) is 19.8 Å².